The Morgan fingerprint density at radius 2 is 1.23 bits per heavy atom. The van der Waals surface area contributed by atoms with Crippen molar-refractivity contribution in [3.8, 4) is 0 Å². The van der Waals surface area contributed by atoms with Gasteiger partial charge < -0.3 is 43.4 Å². The van der Waals surface area contributed by atoms with Gasteiger partial charge in [-0.15, -0.1) is 0 Å². The summed E-state index contributed by atoms with van der Waals surface area (Å²) in [4.78, 5) is 60.8. The Balaban J connectivity index is 5.57. The maximum atomic E-state index is 13.0. The SMILES string of the molecule is CCC(C)C(NC(=O)C(CCCCN)NC(=O)C(CCCCN)NC(=O)C(N)CC(=O)O)C(=O)O. The zero-order valence-electron chi connectivity index (χ0n) is 20.6. The summed E-state index contributed by atoms with van der Waals surface area (Å²) >= 11 is 0. The van der Waals surface area contributed by atoms with E-state index < -0.39 is 60.2 Å². The summed E-state index contributed by atoms with van der Waals surface area (Å²) in [6.07, 6.45) is 2.48. The smallest absolute Gasteiger partial charge is 0.326 e. The highest BCUT2D eigenvalue weighted by atomic mass is 16.4. The number of nitrogens with two attached hydrogens (primary N) is 3. The summed E-state index contributed by atoms with van der Waals surface area (Å²) in [6.45, 7) is 4.25. The molecule has 0 aromatic rings. The number of carbonyl (C=O) groups is 5. The number of carboxylic acids is 2. The lowest BCUT2D eigenvalue weighted by Gasteiger charge is -2.26. The molecule has 0 heterocycles. The summed E-state index contributed by atoms with van der Waals surface area (Å²) in [5, 5.41) is 25.9. The van der Waals surface area contributed by atoms with Gasteiger partial charge >= 0.3 is 11.9 Å². The maximum absolute atomic E-state index is 13.0. The minimum absolute atomic E-state index is 0.191. The molecule has 11 N–H and O–H groups in total. The summed E-state index contributed by atoms with van der Waals surface area (Å²) < 4.78 is 0. The Labute approximate surface area is 205 Å². The van der Waals surface area contributed by atoms with Gasteiger partial charge in [-0.3, -0.25) is 19.2 Å². The van der Waals surface area contributed by atoms with Crippen LogP contribution in [-0.2, 0) is 24.0 Å². The van der Waals surface area contributed by atoms with Crippen molar-refractivity contribution in [2.75, 3.05) is 13.1 Å². The van der Waals surface area contributed by atoms with E-state index in [9.17, 15) is 29.1 Å². The Morgan fingerprint density at radius 3 is 1.63 bits per heavy atom. The molecule has 5 unspecified atom stereocenters. The molecule has 3 amide bonds. The van der Waals surface area contributed by atoms with Crippen LogP contribution in [0.4, 0.5) is 0 Å². The molecular formula is C22H42N6O7. The van der Waals surface area contributed by atoms with Crippen LogP contribution in [0, 0.1) is 5.92 Å². The van der Waals surface area contributed by atoms with Crippen molar-refractivity contribution in [3.05, 3.63) is 0 Å². The minimum Gasteiger partial charge on any atom is -0.481 e. The van der Waals surface area contributed by atoms with Gasteiger partial charge in [0.1, 0.15) is 18.1 Å². The number of unbranched alkanes of at least 4 members (excludes halogenated alkanes) is 2. The van der Waals surface area contributed by atoms with Crippen LogP contribution in [0.2, 0.25) is 0 Å². The molecule has 13 heteroatoms. The van der Waals surface area contributed by atoms with Gasteiger partial charge in [-0.25, -0.2) is 4.79 Å². The van der Waals surface area contributed by atoms with Crippen LogP contribution in [0.15, 0.2) is 0 Å². The summed E-state index contributed by atoms with van der Waals surface area (Å²) in [6, 6.07) is -4.62. The highest BCUT2D eigenvalue weighted by Crippen LogP contribution is 2.10. The van der Waals surface area contributed by atoms with Gasteiger partial charge in [0.2, 0.25) is 17.7 Å². The first kappa shape index (κ1) is 32.2. The molecule has 0 fully saturated rings. The van der Waals surface area contributed by atoms with Crippen molar-refractivity contribution >= 4 is 29.7 Å². The molecular weight excluding hydrogens is 460 g/mol. The normalized spacial score (nSPS) is 15.2. The fourth-order valence-corrected chi connectivity index (χ4v) is 3.29. The van der Waals surface area contributed by atoms with Crippen LogP contribution >= 0.6 is 0 Å². The number of carboxylic acid groups (broad SMARTS) is 2. The number of hydrogen-bond acceptors (Lipinski definition) is 8. The van der Waals surface area contributed by atoms with E-state index >= 15 is 0 Å². The van der Waals surface area contributed by atoms with Crippen LogP contribution in [-0.4, -0.2) is 77.1 Å². The summed E-state index contributed by atoms with van der Waals surface area (Å²) in [7, 11) is 0. The molecule has 0 saturated heterocycles. The van der Waals surface area contributed by atoms with E-state index in [2.05, 4.69) is 16.0 Å². The average molecular weight is 503 g/mol. The number of rotatable bonds is 19. The third-order valence-corrected chi connectivity index (χ3v) is 5.67. The highest BCUT2D eigenvalue weighted by molar-refractivity contribution is 5.94. The molecule has 0 spiro atoms. The molecule has 0 bridgehead atoms. The van der Waals surface area contributed by atoms with Gasteiger partial charge in [-0.05, 0) is 57.5 Å². The Morgan fingerprint density at radius 1 is 0.771 bits per heavy atom. The van der Waals surface area contributed by atoms with Gasteiger partial charge in [-0.2, -0.15) is 0 Å². The molecule has 202 valence electrons. The summed E-state index contributed by atoms with van der Waals surface area (Å²) in [5.41, 5.74) is 16.6. The first-order chi connectivity index (χ1) is 16.5. The van der Waals surface area contributed by atoms with Crippen LogP contribution in [0.25, 0.3) is 0 Å². The molecule has 35 heavy (non-hydrogen) atoms. The average Bonchev–Trinajstić information content (AvgIpc) is 2.79. The lowest BCUT2D eigenvalue weighted by molar-refractivity contribution is -0.144. The molecule has 0 saturated carbocycles. The maximum Gasteiger partial charge on any atom is 0.326 e. The van der Waals surface area contributed by atoms with E-state index in [1.165, 1.54) is 0 Å². The topological polar surface area (TPSA) is 240 Å². The largest absolute Gasteiger partial charge is 0.481 e. The van der Waals surface area contributed by atoms with Gasteiger partial charge in [0.05, 0.1) is 12.5 Å². The monoisotopic (exact) mass is 502 g/mol. The molecule has 0 aromatic carbocycles. The predicted octanol–water partition coefficient (Wildman–Crippen LogP) is -1.37. The molecule has 0 aromatic heterocycles. The Bertz CT molecular complexity index is 706. The fraction of sp³-hybridized carbons (Fsp3) is 0.773. The van der Waals surface area contributed by atoms with Gasteiger partial charge in [0, 0.05) is 0 Å². The van der Waals surface area contributed by atoms with Gasteiger partial charge in [-0.1, -0.05) is 20.3 Å². The second-order valence-corrected chi connectivity index (χ2v) is 8.61. The van der Waals surface area contributed by atoms with Crippen molar-refractivity contribution < 1.29 is 34.2 Å². The van der Waals surface area contributed by atoms with Crippen molar-refractivity contribution in [1.82, 2.24) is 16.0 Å². The second kappa shape index (κ2) is 17.6. The first-order valence-corrected chi connectivity index (χ1v) is 12.0. The molecule has 0 radical (unpaired) electrons. The van der Waals surface area contributed by atoms with Crippen molar-refractivity contribution in [1.29, 1.82) is 0 Å². The van der Waals surface area contributed by atoms with E-state index in [1.807, 2.05) is 0 Å². The van der Waals surface area contributed by atoms with E-state index in [-0.39, 0.29) is 18.8 Å². The standard InChI is InChI=1S/C22H42N6O7/c1-3-13(2)18(22(34)35)28-21(33)16(9-5-7-11-24)27-20(32)15(8-4-6-10-23)26-19(31)14(25)12-17(29)30/h13-16,18H,3-12,23-25H2,1-2H3,(H,26,31)(H,27,32)(H,28,33)(H,29,30)(H,34,35). The third-order valence-electron chi connectivity index (χ3n) is 5.67. The number of nitrogens with one attached hydrogen (secondary N) is 3. The zero-order chi connectivity index (χ0) is 27.0. The predicted molar refractivity (Wildman–Crippen MR) is 129 cm³/mol. The van der Waals surface area contributed by atoms with E-state index in [1.54, 1.807) is 13.8 Å². The highest BCUT2D eigenvalue weighted by Gasteiger charge is 2.31. The Kier molecular flexibility index (Phi) is 16.2. The van der Waals surface area contributed by atoms with Crippen LogP contribution < -0.4 is 33.2 Å². The molecule has 0 aliphatic carbocycles. The number of aliphatic carboxylic acids is 2. The lowest BCUT2D eigenvalue weighted by atomic mass is 9.98. The fourth-order valence-electron chi connectivity index (χ4n) is 3.29. The van der Waals surface area contributed by atoms with Gasteiger partial charge in [0.15, 0.2) is 0 Å². The zero-order valence-corrected chi connectivity index (χ0v) is 20.6. The van der Waals surface area contributed by atoms with Crippen molar-refractivity contribution in [3.63, 3.8) is 0 Å². The van der Waals surface area contributed by atoms with Crippen molar-refractivity contribution in [2.45, 2.75) is 89.4 Å². The molecule has 0 aliphatic heterocycles. The van der Waals surface area contributed by atoms with Gasteiger partial charge in [0.25, 0.3) is 0 Å². The van der Waals surface area contributed by atoms with Crippen LogP contribution in [0.3, 0.4) is 0 Å². The molecule has 0 rings (SSSR count). The Hall–Kier alpha value is -2.77. The molecule has 13 nitrogen and oxygen atoms in total. The minimum atomic E-state index is -1.35. The van der Waals surface area contributed by atoms with E-state index in [0.717, 1.165) is 0 Å². The van der Waals surface area contributed by atoms with E-state index in [0.29, 0.717) is 45.2 Å². The lowest BCUT2D eigenvalue weighted by Crippen LogP contribution is -2.57. The third kappa shape index (κ3) is 13.0. The molecule has 0 aliphatic rings. The second-order valence-electron chi connectivity index (χ2n) is 8.61. The van der Waals surface area contributed by atoms with Crippen LogP contribution in [0.1, 0.15) is 65.2 Å². The summed E-state index contributed by atoms with van der Waals surface area (Å²) in [5.74, 6) is -4.91. The number of hydrogen-bond donors (Lipinski definition) is 8. The van der Waals surface area contributed by atoms with Crippen molar-refractivity contribution in [2.24, 2.45) is 23.1 Å². The molecule has 5 atom stereocenters. The quantitative estimate of drug-likeness (QED) is 0.0963. The number of amides is 3. The number of carbonyl (C=O) groups excluding carboxylic acids is 3. The van der Waals surface area contributed by atoms with Crippen LogP contribution in [0.5, 0.6) is 0 Å². The first-order valence-electron chi connectivity index (χ1n) is 12.0. The van der Waals surface area contributed by atoms with E-state index in [4.69, 9.17) is 22.3 Å².